The van der Waals surface area contributed by atoms with Crippen LogP contribution in [0.4, 0.5) is 5.69 Å². The molecule has 0 amide bonds. The predicted octanol–water partition coefficient (Wildman–Crippen LogP) is 6.54. The molecule has 8 heteroatoms. The molecule has 0 atom stereocenters. The van der Waals surface area contributed by atoms with Crippen molar-refractivity contribution >= 4 is 34.7 Å². The summed E-state index contributed by atoms with van der Waals surface area (Å²) < 4.78 is 15.6. The van der Waals surface area contributed by atoms with Crippen molar-refractivity contribution in [3.05, 3.63) is 52.5 Å². The Hall–Kier alpha value is -3.08. The molecule has 0 aliphatic carbocycles. The molecule has 0 radical (unpaired) electrons. The Labute approximate surface area is 191 Å². The molecule has 3 aromatic rings. The van der Waals surface area contributed by atoms with E-state index in [0.717, 1.165) is 39.9 Å². The van der Waals surface area contributed by atoms with Gasteiger partial charge in [-0.3, -0.25) is 4.99 Å². The predicted molar refractivity (Wildman–Crippen MR) is 127 cm³/mol. The van der Waals surface area contributed by atoms with Gasteiger partial charge in [-0.1, -0.05) is 25.4 Å². The number of aryl methyl sites for hydroxylation is 1. The second-order valence-corrected chi connectivity index (χ2v) is 8.27. The lowest BCUT2D eigenvalue weighted by Gasteiger charge is -2.16. The minimum absolute atomic E-state index is 0.255. The number of nitriles is 1. The summed E-state index contributed by atoms with van der Waals surface area (Å²) in [5, 5.41) is 13.9. The number of hydrogen-bond acceptors (Lipinski definition) is 6. The molecule has 3 rings (SSSR count). The second-order valence-electron chi connectivity index (χ2n) is 7.12. The number of methoxy groups -OCH3 is 1. The molecule has 160 valence electrons. The van der Waals surface area contributed by atoms with Crippen LogP contribution in [0.5, 0.6) is 16.6 Å². The zero-order chi connectivity index (χ0) is 22.5. The molecule has 0 spiro atoms. The zero-order valence-corrected chi connectivity index (χ0v) is 19.6. The lowest BCUT2D eigenvalue weighted by atomic mass is 10.1. The van der Waals surface area contributed by atoms with Gasteiger partial charge in [-0.2, -0.15) is 9.64 Å². The Balaban J connectivity index is 1.90. The molecule has 0 aliphatic heterocycles. The Morgan fingerprint density at radius 2 is 1.97 bits per heavy atom. The molecule has 0 unspecified atom stereocenters. The van der Waals surface area contributed by atoms with Gasteiger partial charge in [0.15, 0.2) is 0 Å². The molecule has 2 aromatic carbocycles. The number of nitrogens with zero attached hydrogens (tertiary/aromatic N) is 3. The highest BCUT2D eigenvalue weighted by Gasteiger charge is 2.19. The minimum atomic E-state index is 0.255. The first-order valence-corrected chi connectivity index (χ1v) is 10.8. The number of anilines is 1. The van der Waals surface area contributed by atoms with Crippen molar-refractivity contribution in [1.29, 1.82) is 5.26 Å². The molecule has 0 fully saturated rings. The van der Waals surface area contributed by atoms with Gasteiger partial charge >= 0.3 is 0 Å². The number of nitrogens with one attached hydrogen (secondary N) is 1. The van der Waals surface area contributed by atoms with Crippen LogP contribution >= 0.6 is 23.1 Å². The third-order valence-corrected chi connectivity index (χ3v) is 5.69. The van der Waals surface area contributed by atoms with Crippen LogP contribution in [0.1, 0.15) is 25.0 Å². The van der Waals surface area contributed by atoms with Crippen LogP contribution in [0.15, 0.2) is 41.4 Å². The third kappa shape index (κ3) is 4.98. The molecular weight excluding hydrogens is 432 g/mol. The summed E-state index contributed by atoms with van der Waals surface area (Å²) >= 11 is 7.61. The van der Waals surface area contributed by atoms with E-state index in [0.29, 0.717) is 27.1 Å². The Kier molecular flexibility index (Phi) is 7.16. The molecule has 0 saturated heterocycles. The van der Waals surface area contributed by atoms with Gasteiger partial charge in [0.05, 0.1) is 12.1 Å². The summed E-state index contributed by atoms with van der Waals surface area (Å²) in [7, 11) is 3.36. The number of hydrogen-bond donors (Lipinski definition) is 1. The van der Waals surface area contributed by atoms with Crippen LogP contribution in [0.25, 0.3) is 11.3 Å². The third-order valence-electron chi connectivity index (χ3n) is 4.67. The maximum atomic E-state index is 9.73. The maximum Gasteiger partial charge on any atom is 0.218 e. The summed E-state index contributed by atoms with van der Waals surface area (Å²) in [6.07, 6.45) is 0. The van der Waals surface area contributed by atoms with E-state index < -0.39 is 0 Å². The van der Waals surface area contributed by atoms with Gasteiger partial charge in [0, 0.05) is 35.7 Å². The number of aromatic nitrogens is 1. The summed E-state index contributed by atoms with van der Waals surface area (Å²) in [6.45, 7) is 6.09. The Bertz CT molecular complexity index is 1150. The molecule has 6 nitrogen and oxygen atoms in total. The standard InChI is InChI=1S/C23H23ClN4O2S/c1-13(2)22(26-4)27-19-11-18(24)20(10-14(19)3)30-23-17(12-25)21(28-31-23)15-6-8-16(29-5)9-7-15/h6-11,13H,1-5H3,(H,26,27). The first kappa shape index (κ1) is 22.6. The van der Waals surface area contributed by atoms with Gasteiger partial charge in [-0.15, -0.1) is 0 Å². The Morgan fingerprint density at radius 1 is 1.26 bits per heavy atom. The zero-order valence-electron chi connectivity index (χ0n) is 18.0. The molecule has 1 aromatic heterocycles. The smallest absolute Gasteiger partial charge is 0.218 e. The van der Waals surface area contributed by atoms with Gasteiger partial charge in [-0.05, 0) is 48.9 Å². The van der Waals surface area contributed by atoms with E-state index in [9.17, 15) is 5.26 Å². The number of halogens is 1. The van der Waals surface area contributed by atoms with E-state index >= 15 is 0 Å². The molecule has 1 heterocycles. The van der Waals surface area contributed by atoms with Gasteiger partial charge < -0.3 is 14.8 Å². The lowest BCUT2D eigenvalue weighted by molar-refractivity contribution is 0.415. The second kappa shape index (κ2) is 9.82. The first-order valence-electron chi connectivity index (χ1n) is 9.63. The van der Waals surface area contributed by atoms with Crippen molar-refractivity contribution in [2.45, 2.75) is 20.8 Å². The SMILES string of the molecule is CN=C(Nc1cc(Cl)c(Oc2snc(-c3ccc(OC)cc3)c2C#N)cc1C)C(C)C. The number of benzene rings is 2. The lowest BCUT2D eigenvalue weighted by Crippen LogP contribution is -2.19. The van der Waals surface area contributed by atoms with E-state index in [1.165, 1.54) is 0 Å². The fourth-order valence-electron chi connectivity index (χ4n) is 2.95. The van der Waals surface area contributed by atoms with Crippen LogP contribution in [0.2, 0.25) is 5.02 Å². The minimum Gasteiger partial charge on any atom is -0.497 e. The molecular formula is C23H23ClN4O2S. The van der Waals surface area contributed by atoms with Gasteiger partial charge in [-0.25, -0.2) is 0 Å². The number of aliphatic imine (C=N–C) groups is 1. The number of amidine groups is 1. The van der Waals surface area contributed by atoms with Crippen LogP contribution in [0.3, 0.4) is 0 Å². The fraction of sp³-hybridized carbons (Fsp3) is 0.261. The van der Waals surface area contributed by atoms with Gasteiger partial charge in [0.2, 0.25) is 5.06 Å². The van der Waals surface area contributed by atoms with Crippen LogP contribution in [-0.2, 0) is 0 Å². The molecule has 0 saturated carbocycles. The largest absolute Gasteiger partial charge is 0.497 e. The molecule has 0 bridgehead atoms. The molecule has 0 aliphatic rings. The van der Waals surface area contributed by atoms with Crippen molar-refractivity contribution in [3.63, 3.8) is 0 Å². The topological polar surface area (TPSA) is 79.5 Å². The fourth-order valence-corrected chi connectivity index (χ4v) is 3.89. The van der Waals surface area contributed by atoms with E-state index in [-0.39, 0.29) is 5.92 Å². The maximum absolute atomic E-state index is 9.73. The average molecular weight is 455 g/mol. The van der Waals surface area contributed by atoms with Crippen LogP contribution < -0.4 is 14.8 Å². The number of ether oxygens (including phenoxy) is 2. The average Bonchev–Trinajstić information content (AvgIpc) is 3.17. The summed E-state index contributed by atoms with van der Waals surface area (Å²) in [4.78, 5) is 4.29. The van der Waals surface area contributed by atoms with Gasteiger partial charge in [0.25, 0.3) is 0 Å². The Morgan fingerprint density at radius 3 is 2.55 bits per heavy atom. The van der Waals surface area contributed by atoms with Crippen LogP contribution in [0, 0.1) is 24.2 Å². The van der Waals surface area contributed by atoms with Crippen LogP contribution in [-0.4, -0.2) is 24.4 Å². The first-order chi connectivity index (χ1) is 14.9. The van der Waals surface area contributed by atoms with Crippen molar-refractivity contribution in [3.8, 4) is 33.9 Å². The quantitative estimate of drug-likeness (QED) is 0.338. The van der Waals surface area contributed by atoms with E-state index in [4.69, 9.17) is 21.1 Å². The van der Waals surface area contributed by atoms with Crippen molar-refractivity contribution in [2.24, 2.45) is 10.9 Å². The van der Waals surface area contributed by atoms with Crippen molar-refractivity contribution in [2.75, 3.05) is 19.5 Å². The van der Waals surface area contributed by atoms with E-state index in [2.05, 4.69) is 34.6 Å². The molecule has 31 heavy (non-hydrogen) atoms. The highest BCUT2D eigenvalue weighted by molar-refractivity contribution is 7.08. The van der Waals surface area contributed by atoms with Gasteiger partial charge in [0.1, 0.15) is 34.7 Å². The summed E-state index contributed by atoms with van der Waals surface area (Å²) in [5.74, 6) is 2.32. The van der Waals surface area contributed by atoms with E-state index in [1.54, 1.807) is 20.2 Å². The summed E-state index contributed by atoms with van der Waals surface area (Å²) in [5.41, 5.74) is 3.55. The highest BCUT2D eigenvalue weighted by Crippen LogP contribution is 2.40. The normalized spacial score (nSPS) is 11.4. The van der Waals surface area contributed by atoms with Crippen molar-refractivity contribution in [1.82, 2.24) is 4.37 Å². The van der Waals surface area contributed by atoms with Crippen molar-refractivity contribution < 1.29 is 9.47 Å². The van der Waals surface area contributed by atoms with E-state index in [1.807, 2.05) is 37.3 Å². The molecule has 1 N–H and O–H groups in total. The summed E-state index contributed by atoms with van der Waals surface area (Å²) in [6, 6.07) is 13.2. The monoisotopic (exact) mass is 454 g/mol. The number of rotatable bonds is 6. The highest BCUT2D eigenvalue weighted by atomic mass is 35.5.